The molecule has 0 atom stereocenters. The summed E-state index contributed by atoms with van der Waals surface area (Å²) in [6.07, 6.45) is 1.60. The predicted octanol–water partition coefficient (Wildman–Crippen LogP) is 2.09. The van der Waals surface area contributed by atoms with Crippen molar-refractivity contribution in [2.45, 2.75) is 38.8 Å². The number of ether oxygens (including phenoxy) is 1. The van der Waals surface area contributed by atoms with Crippen LogP contribution in [-0.2, 0) is 27.5 Å². The average Bonchev–Trinajstić information content (AvgIpc) is 2.43. The summed E-state index contributed by atoms with van der Waals surface area (Å²) in [5.41, 5.74) is 2.09. The van der Waals surface area contributed by atoms with Gasteiger partial charge >= 0.3 is 5.97 Å². The molecule has 0 aliphatic rings. The number of benzene rings is 1. The molecule has 1 aromatic rings. The maximum Gasteiger partial charge on any atom is 0.303 e. The van der Waals surface area contributed by atoms with Crippen LogP contribution in [0.15, 0.2) is 24.3 Å². The van der Waals surface area contributed by atoms with Gasteiger partial charge in [0.05, 0.1) is 6.61 Å². The number of methoxy groups -OCH3 is 1. The fraction of sp³-hybridized carbons (Fsp3) is 0.467. The van der Waals surface area contributed by atoms with Crippen molar-refractivity contribution in [3.05, 3.63) is 35.4 Å². The van der Waals surface area contributed by atoms with Crippen LogP contribution in [0.25, 0.3) is 0 Å². The Morgan fingerprint density at radius 2 is 1.80 bits per heavy atom. The van der Waals surface area contributed by atoms with E-state index in [1.54, 1.807) is 7.11 Å². The van der Waals surface area contributed by atoms with Crippen LogP contribution in [0.5, 0.6) is 0 Å². The van der Waals surface area contributed by atoms with Gasteiger partial charge in [-0.2, -0.15) is 0 Å². The number of carbonyl (C=O) groups excluding carboxylic acids is 1. The molecule has 0 aliphatic heterocycles. The Kier molecular flexibility index (Phi) is 7.35. The Morgan fingerprint density at radius 3 is 2.45 bits per heavy atom. The quantitative estimate of drug-likeness (QED) is 0.679. The van der Waals surface area contributed by atoms with Gasteiger partial charge in [-0.25, -0.2) is 0 Å². The molecule has 0 heterocycles. The first kappa shape index (κ1) is 16.2. The van der Waals surface area contributed by atoms with Crippen molar-refractivity contribution in [2.75, 3.05) is 7.11 Å². The molecule has 20 heavy (non-hydrogen) atoms. The van der Waals surface area contributed by atoms with Crippen LogP contribution < -0.4 is 5.32 Å². The molecule has 0 aromatic heterocycles. The molecule has 1 rings (SSSR count). The fourth-order valence-corrected chi connectivity index (χ4v) is 1.87. The molecule has 0 radical (unpaired) electrons. The van der Waals surface area contributed by atoms with E-state index in [0.29, 0.717) is 32.4 Å². The Hall–Kier alpha value is -1.88. The molecule has 1 amide bonds. The van der Waals surface area contributed by atoms with Crippen molar-refractivity contribution in [3.8, 4) is 0 Å². The minimum Gasteiger partial charge on any atom is -0.481 e. The van der Waals surface area contributed by atoms with E-state index in [2.05, 4.69) is 5.32 Å². The zero-order chi connectivity index (χ0) is 14.8. The minimum absolute atomic E-state index is 0.0531. The maximum atomic E-state index is 11.6. The second kappa shape index (κ2) is 9.09. The van der Waals surface area contributed by atoms with Gasteiger partial charge in [0.15, 0.2) is 0 Å². The average molecular weight is 279 g/mol. The summed E-state index contributed by atoms with van der Waals surface area (Å²) < 4.78 is 5.11. The molecule has 5 nitrogen and oxygen atoms in total. The highest BCUT2D eigenvalue weighted by Gasteiger charge is 2.05. The number of nitrogens with one attached hydrogen (secondary N) is 1. The van der Waals surface area contributed by atoms with Gasteiger partial charge < -0.3 is 15.2 Å². The number of carbonyl (C=O) groups is 2. The van der Waals surface area contributed by atoms with Crippen molar-refractivity contribution in [1.29, 1.82) is 0 Å². The molecule has 0 unspecified atom stereocenters. The van der Waals surface area contributed by atoms with Crippen LogP contribution in [0.3, 0.4) is 0 Å². The lowest BCUT2D eigenvalue weighted by Crippen LogP contribution is -2.23. The molecule has 0 fully saturated rings. The van der Waals surface area contributed by atoms with Crippen molar-refractivity contribution < 1.29 is 19.4 Å². The van der Waals surface area contributed by atoms with E-state index in [1.165, 1.54) is 0 Å². The molecule has 0 spiro atoms. The van der Waals surface area contributed by atoms with Crippen LogP contribution in [0.1, 0.15) is 36.8 Å². The highest BCUT2D eigenvalue weighted by molar-refractivity contribution is 5.76. The number of unbranched alkanes of at least 4 members (excludes halogenated alkanes) is 1. The van der Waals surface area contributed by atoms with Gasteiger partial charge in [-0.05, 0) is 24.0 Å². The number of carboxylic acid groups (broad SMARTS) is 1. The van der Waals surface area contributed by atoms with E-state index in [0.717, 1.165) is 11.1 Å². The van der Waals surface area contributed by atoms with E-state index < -0.39 is 5.97 Å². The van der Waals surface area contributed by atoms with Gasteiger partial charge in [0.25, 0.3) is 0 Å². The first-order chi connectivity index (χ1) is 9.63. The summed E-state index contributed by atoms with van der Waals surface area (Å²) in [6.45, 7) is 0.988. The van der Waals surface area contributed by atoms with E-state index in [-0.39, 0.29) is 12.3 Å². The molecule has 5 heteroatoms. The summed E-state index contributed by atoms with van der Waals surface area (Å²) in [4.78, 5) is 22.0. The zero-order valence-electron chi connectivity index (χ0n) is 11.7. The number of carboxylic acids is 1. The van der Waals surface area contributed by atoms with Crippen LogP contribution in [0, 0.1) is 0 Å². The minimum atomic E-state index is -0.820. The van der Waals surface area contributed by atoms with E-state index in [4.69, 9.17) is 9.84 Å². The van der Waals surface area contributed by atoms with Gasteiger partial charge in [0.1, 0.15) is 0 Å². The number of hydrogen-bond acceptors (Lipinski definition) is 3. The van der Waals surface area contributed by atoms with Gasteiger partial charge in [-0.3, -0.25) is 9.59 Å². The Bertz CT molecular complexity index is 445. The topological polar surface area (TPSA) is 75.6 Å². The van der Waals surface area contributed by atoms with Crippen LogP contribution in [0.4, 0.5) is 0 Å². The van der Waals surface area contributed by atoms with Gasteiger partial charge in [-0.15, -0.1) is 0 Å². The van der Waals surface area contributed by atoms with Crippen LogP contribution >= 0.6 is 0 Å². The lowest BCUT2D eigenvalue weighted by Gasteiger charge is -2.10. The molecule has 110 valence electrons. The molecular formula is C15H21NO4. The number of aliphatic carboxylic acids is 1. The van der Waals surface area contributed by atoms with Crippen molar-refractivity contribution in [1.82, 2.24) is 5.32 Å². The SMILES string of the molecule is COCc1ccccc1CNC(=O)CCCCC(=O)O. The van der Waals surface area contributed by atoms with E-state index in [9.17, 15) is 9.59 Å². The molecule has 0 saturated heterocycles. The van der Waals surface area contributed by atoms with Crippen molar-refractivity contribution >= 4 is 11.9 Å². The molecular weight excluding hydrogens is 258 g/mol. The molecule has 0 saturated carbocycles. The first-order valence-corrected chi connectivity index (χ1v) is 6.67. The molecule has 2 N–H and O–H groups in total. The van der Waals surface area contributed by atoms with E-state index in [1.807, 2.05) is 24.3 Å². The number of amides is 1. The summed E-state index contributed by atoms with van der Waals surface area (Å²) in [6, 6.07) is 7.79. The van der Waals surface area contributed by atoms with Gasteiger partial charge in [-0.1, -0.05) is 24.3 Å². The van der Waals surface area contributed by atoms with Gasteiger partial charge in [0.2, 0.25) is 5.91 Å². The van der Waals surface area contributed by atoms with Crippen molar-refractivity contribution in [3.63, 3.8) is 0 Å². The third kappa shape index (κ3) is 6.33. The maximum absolute atomic E-state index is 11.6. The second-order valence-electron chi connectivity index (χ2n) is 4.58. The smallest absolute Gasteiger partial charge is 0.303 e. The summed E-state index contributed by atoms with van der Waals surface area (Å²) in [7, 11) is 1.64. The predicted molar refractivity (Wildman–Crippen MR) is 75.1 cm³/mol. The van der Waals surface area contributed by atoms with Gasteiger partial charge in [0, 0.05) is 26.5 Å². The number of hydrogen-bond donors (Lipinski definition) is 2. The lowest BCUT2D eigenvalue weighted by atomic mass is 10.1. The Morgan fingerprint density at radius 1 is 1.15 bits per heavy atom. The Balaban J connectivity index is 2.32. The first-order valence-electron chi connectivity index (χ1n) is 6.67. The highest BCUT2D eigenvalue weighted by Crippen LogP contribution is 2.09. The normalized spacial score (nSPS) is 10.2. The molecule has 1 aromatic carbocycles. The Labute approximate surface area is 118 Å². The van der Waals surface area contributed by atoms with Crippen LogP contribution in [0.2, 0.25) is 0 Å². The van der Waals surface area contributed by atoms with Crippen LogP contribution in [-0.4, -0.2) is 24.1 Å². The number of rotatable bonds is 9. The highest BCUT2D eigenvalue weighted by atomic mass is 16.5. The van der Waals surface area contributed by atoms with E-state index >= 15 is 0 Å². The standard InChI is InChI=1S/C15H21NO4/c1-20-11-13-7-3-2-6-12(13)10-16-14(17)8-4-5-9-15(18)19/h2-3,6-7H,4-5,8-11H2,1H3,(H,16,17)(H,18,19). The summed E-state index contributed by atoms with van der Waals surface area (Å²) in [5.74, 6) is -0.874. The molecule has 0 bridgehead atoms. The summed E-state index contributed by atoms with van der Waals surface area (Å²) in [5, 5.41) is 11.3. The largest absolute Gasteiger partial charge is 0.481 e. The zero-order valence-corrected chi connectivity index (χ0v) is 11.7. The second-order valence-corrected chi connectivity index (χ2v) is 4.58. The third-order valence-corrected chi connectivity index (χ3v) is 2.94. The molecule has 0 aliphatic carbocycles. The summed E-state index contributed by atoms with van der Waals surface area (Å²) >= 11 is 0. The fourth-order valence-electron chi connectivity index (χ4n) is 1.87. The monoisotopic (exact) mass is 279 g/mol. The lowest BCUT2D eigenvalue weighted by molar-refractivity contribution is -0.137. The third-order valence-electron chi connectivity index (χ3n) is 2.94. The van der Waals surface area contributed by atoms with Crippen molar-refractivity contribution in [2.24, 2.45) is 0 Å².